The molecule has 5 nitrogen and oxygen atoms in total. The van der Waals surface area contributed by atoms with Gasteiger partial charge in [0.2, 0.25) is 6.41 Å². The molecule has 0 aliphatic heterocycles. The molecule has 1 fully saturated rings. The molecular weight excluding hydrogens is 347 g/mol. The third-order valence-corrected chi connectivity index (χ3v) is 5.75. The monoisotopic (exact) mass is 370 g/mol. The fourth-order valence-electron chi connectivity index (χ4n) is 3.67. The minimum atomic E-state index is -0.596. The summed E-state index contributed by atoms with van der Waals surface area (Å²) in [5, 5.41) is 5.89. The number of benzene rings is 1. The summed E-state index contributed by atoms with van der Waals surface area (Å²) >= 11 is 5.62. The first-order valence-electron chi connectivity index (χ1n) is 8.25. The van der Waals surface area contributed by atoms with E-state index in [0.29, 0.717) is 12.8 Å². The van der Waals surface area contributed by atoms with Crippen LogP contribution in [0.15, 0.2) is 18.2 Å². The van der Waals surface area contributed by atoms with Gasteiger partial charge in [-0.2, -0.15) is 0 Å². The maximum absolute atomic E-state index is 13.4. The summed E-state index contributed by atoms with van der Waals surface area (Å²) in [6, 6.07) is 4.03. The van der Waals surface area contributed by atoms with Crippen molar-refractivity contribution in [2.45, 2.75) is 45.2 Å². The normalized spacial score (nSPS) is 28.2. The number of halogens is 2. The minimum absolute atomic E-state index is 0.000758. The lowest BCUT2D eigenvalue weighted by Crippen LogP contribution is -2.77. The summed E-state index contributed by atoms with van der Waals surface area (Å²) in [5.74, 6) is -0.404. The zero-order valence-corrected chi connectivity index (χ0v) is 15.6. The molecule has 3 unspecified atom stereocenters. The standard InChI is InChI=1S/C18H24ClFN2O3/c1-11(2)18(9-17(4,12(18)3)21-10-23)22-16(24)8-25-13-5-6-14(19)15(20)7-13/h5-7,10-12H,8-9H2,1-4H3,(H,21,23)(H,22,24). The second kappa shape index (κ2) is 7.20. The summed E-state index contributed by atoms with van der Waals surface area (Å²) in [6.45, 7) is 7.82. The molecular formula is C18H24ClFN2O3. The quantitative estimate of drug-likeness (QED) is 0.725. The molecule has 0 heterocycles. The van der Waals surface area contributed by atoms with E-state index in [4.69, 9.17) is 16.3 Å². The Balaban J connectivity index is 2.00. The molecule has 138 valence electrons. The first-order valence-corrected chi connectivity index (χ1v) is 8.62. The van der Waals surface area contributed by atoms with Crippen molar-refractivity contribution in [1.29, 1.82) is 0 Å². The summed E-state index contributed by atoms with van der Waals surface area (Å²) in [7, 11) is 0. The van der Waals surface area contributed by atoms with Gasteiger partial charge in [0.05, 0.1) is 5.02 Å². The lowest BCUT2D eigenvalue weighted by Gasteiger charge is -2.62. The minimum Gasteiger partial charge on any atom is -0.484 e. The van der Waals surface area contributed by atoms with E-state index in [2.05, 4.69) is 10.6 Å². The maximum Gasteiger partial charge on any atom is 0.258 e. The van der Waals surface area contributed by atoms with Crippen LogP contribution < -0.4 is 15.4 Å². The summed E-state index contributed by atoms with van der Waals surface area (Å²) in [4.78, 5) is 23.2. The van der Waals surface area contributed by atoms with Gasteiger partial charge in [-0.15, -0.1) is 0 Å². The van der Waals surface area contributed by atoms with Gasteiger partial charge in [0.1, 0.15) is 11.6 Å². The van der Waals surface area contributed by atoms with E-state index in [-0.39, 0.29) is 40.7 Å². The van der Waals surface area contributed by atoms with E-state index in [0.717, 1.165) is 6.07 Å². The van der Waals surface area contributed by atoms with Crippen LogP contribution in [0.3, 0.4) is 0 Å². The number of nitrogens with one attached hydrogen (secondary N) is 2. The van der Waals surface area contributed by atoms with Crippen molar-refractivity contribution in [1.82, 2.24) is 10.6 Å². The molecule has 1 aliphatic carbocycles. The van der Waals surface area contributed by atoms with Crippen LogP contribution in [0.5, 0.6) is 5.75 Å². The van der Waals surface area contributed by atoms with E-state index in [1.165, 1.54) is 12.1 Å². The van der Waals surface area contributed by atoms with Gasteiger partial charge < -0.3 is 15.4 Å². The largest absolute Gasteiger partial charge is 0.484 e. The van der Waals surface area contributed by atoms with Gasteiger partial charge in [0, 0.05) is 23.1 Å². The van der Waals surface area contributed by atoms with Crippen LogP contribution in [0.1, 0.15) is 34.1 Å². The Morgan fingerprint density at radius 1 is 1.52 bits per heavy atom. The van der Waals surface area contributed by atoms with Gasteiger partial charge in [0.25, 0.3) is 5.91 Å². The molecule has 7 heteroatoms. The molecule has 3 atom stereocenters. The predicted octanol–water partition coefficient (Wildman–Crippen LogP) is 2.91. The highest BCUT2D eigenvalue weighted by molar-refractivity contribution is 6.30. The third kappa shape index (κ3) is 3.73. The topological polar surface area (TPSA) is 67.4 Å². The zero-order valence-electron chi connectivity index (χ0n) is 14.9. The van der Waals surface area contributed by atoms with E-state index in [1.807, 2.05) is 27.7 Å². The van der Waals surface area contributed by atoms with Gasteiger partial charge in [-0.05, 0) is 31.4 Å². The number of rotatable bonds is 7. The summed E-state index contributed by atoms with van der Waals surface area (Å²) < 4.78 is 18.8. The number of carbonyl (C=O) groups is 2. The van der Waals surface area contributed by atoms with Crippen LogP contribution in [0.25, 0.3) is 0 Å². The van der Waals surface area contributed by atoms with Gasteiger partial charge in [-0.25, -0.2) is 4.39 Å². The Hall–Kier alpha value is -1.82. The van der Waals surface area contributed by atoms with Gasteiger partial charge >= 0.3 is 0 Å². The highest BCUT2D eigenvalue weighted by Crippen LogP contribution is 2.50. The molecule has 0 saturated heterocycles. The van der Waals surface area contributed by atoms with E-state index >= 15 is 0 Å². The highest BCUT2D eigenvalue weighted by atomic mass is 35.5. The van der Waals surface area contributed by atoms with Crippen molar-refractivity contribution in [3.05, 3.63) is 29.0 Å². The van der Waals surface area contributed by atoms with Crippen molar-refractivity contribution in [3.8, 4) is 5.75 Å². The van der Waals surface area contributed by atoms with Crippen molar-refractivity contribution >= 4 is 23.9 Å². The molecule has 0 aromatic heterocycles. The van der Waals surface area contributed by atoms with Gasteiger partial charge in [-0.3, -0.25) is 9.59 Å². The van der Waals surface area contributed by atoms with Gasteiger partial charge in [0.15, 0.2) is 6.61 Å². The number of hydrogen-bond donors (Lipinski definition) is 2. The molecule has 0 bridgehead atoms. The smallest absolute Gasteiger partial charge is 0.258 e. The molecule has 2 amide bonds. The van der Waals surface area contributed by atoms with E-state index < -0.39 is 11.4 Å². The molecule has 2 N–H and O–H groups in total. The van der Waals surface area contributed by atoms with Crippen LogP contribution in [0.2, 0.25) is 5.02 Å². The molecule has 2 rings (SSSR count). The first-order chi connectivity index (χ1) is 11.6. The van der Waals surface area contributed by atoms with Crippen molar-refractivity contribution in [2.24, 2.45) is 11.8 Å². The molecule has 1 aromatic rings. The van der Waals surface area contributed by atoms with Crippen molar-refractivity contribution in [2.75, 3.05) is 6.61 Å². The number of amides is 2. The molecule has 1 saturated carbocycles. The lowest BCUT2D eigenvalue weighted by atomic mass is 9.51. The SMILES string of the molecule is CC(C)C1(NC(=O)COc2ccc(Cl)c(F)c2)CC(C)(NC=O)C1C. The Morgan fingerprint density at radius 3 is 2.72 bits per heavy atom. The predicted molar refractivity (Wildman–Crippen MR) is 94.0 cm³/mol. The maximum atomic E-state index is 13.4. The average Bonchev–Trinajstić information content (AvgIpc) is 2.55. The van der Waals surface area contributed by atoms with Crippen molar-refractivity contribution in [3.63, 3.8) is 0 Å². The van der Waals surface area contributed by atoms with Gasteiger partial charge in [-0.1, -0.05) is 32.4 Å². The zero-order chi connectivity index (χ0) is 18.8. The highest BCUT2D eigenvalue weighted by Gasteiger charge is 2.60. The van der Waals surface area contributed by atoms with Crippen LogP contribution in [0.4, 0.5) is 4.39 Å². The molecule has 0 spiro atoms. The summed E-state index contributed by atoms with van der Waals surface area (Å²) in [6.07, 6.45) is 1.33. The van der Waals surface area contributed by atoms with E-state index in [1.54, 1.807) is 0 Å². The molecule has 0 radical (unpaired) electrons. The number of carbonyl (C=O) groups excluding carboxylic acids is 2. The van der Waals surface area contributed by atoms with E-state index in [9.17, 15) is 14.0 Å². The van der Waals surface area contributed by atoms with Crippen LogP contribution in [-0.4, -0.2) is 30.0 Å². The fraction of sp³-hybridized carbons (Fsp3) is 0.556. The second-order valence-electron chi connectivity index (χ2n) is 7.19. The van der Waals surface area contributed by atoms with Crippen molar-refractivity contribution < 1.29 is 18.7 Å². The molecule has 25 heavy (non-hydrogen) atoms. The molecule has 1 aliphatic rings. The van der Waals surface area contributed by atoms with Crippen LogP contribution in [-0.2, 0) is 9.59 Å². The third-order valence-electron chi connectivity index (χ3n) is 5.44. The summed E-state index contributed by atoms with van der Waals surface area (Å²) in [5.41, 5.74) is -0.768. The average molecular weight is 371 g/mol. The Morgan fingerprint density at radius 2 is 2.20 bits per heavy atom. The lowest BCUT2D eigenvalue weighted by molar-refractivity contribution is -0.135. The number of ether oxygens (including phenoxy) is 1. The Bertz CT molecular complexity index is 670. The molecule has 1 aromatic carbocycles. The fourth-order valence-corrected chi connectivity index (χ4v) is 3.79. The first kappa shape index (κ1) is 19.5. The number of hydrogen-bond acceptors (Lipinski definition) is 3. The van der Waals surface area contributed by atoms with Crippen LogP contribution >= 0.6 is 11.6 Å². The van der Waals surface area contributed by atoms with Crippen LogP contribution in [0, 0.1) is 17.7 Å². The second-order valence-corrected chi connectivity index (χ2v) is 7.59. The Labute approximate surface area is 152 Å². The Kier molecular flexibility index (Phi) is 5.62.